The highest BCUT2D eigenvalue weighted by Gasteiger charge is 2.21. The third-order valence-corrected chi connectivity index (χ3v) is 2.77. The molecule has 0 aromatic rings. The van der Waals surface area contributed by atoms with Gasteiger partial charge in [0.15, 0.2) is 0 Å². The fourth-order valence-electron chi connectivity index (χ4n) is 1.65. The number of nitrogens with zero attached hydrogens (tertiary/aromatic N) is 2. The lowest BCUT2D eigenvalue weighted by Gasteiger charge is -2.33. The number of halogens is 2. The van der Waals surface area contributed by atoms with Crippen LogP contribution in [0.1, 0.15) is 13.3 Å². The number of hydrogen-bond donors (Lipinski definition) is 0. The number of piperazine rings is 1. The van der Waals surface area contributed by atoms with E-state index in [1.807, 2.05) is 6.92 Å². The van der Waals surface area contributed by atoms with Gasteiger partial charge in [-0.2, -0.15) is 0 Å². The van der Waals surface area contributed by atoms with Crippen molar-refractivity contribution in [2.45, 2.75) is 13.3 Å². The lowest BCUT2D eigenvalue weighted by Crippen LogP contribution is -2.49. The molecule has 0 aromatic carbocycles. The van der Waals surface area contributed by atoms with Gasteiger partial charge in [-0.05, 0) is 19.9 Å². The maximum absolute atomic E-state index is 11.4. The molecule has 1 heterocycles. The molecule has 6 heteroatoms. The minimum atomic E-state index is -0.186. The third-order valence-electron chi connectivity index (χ3n) is 2.51. The van der Waals surface area contributed by atoms with Gasteiger partial charge in [-0.1, -0.05) is 0 Å². The number of carbonyl (C=O) groups excluding carboxylic acids is 1. The average Bonchev–Trinajstić information content (AvgIpc) is 2.27. The van der Waals surface area contributed by atoms with Crippen molar-refractivity contribution in [3.8, 4) is 0 Å². The predicted octanol–water partition coefficient (Wildman–Crippen LogP) is 1.81. The Morgan fingerprint density at radius 1 is 1.31 bits per heavy atom. The van der Waals surface area contributed by atoms with Crippen molar-refractivity contribution in [2.24, 2.45) is 0 Å². The number of alkyl halides is 1. The van der Waals surface area contributed by atoms with Gasteiger partial charge in [0.1, 0.15) is 0 Å². The van der Waals surface area contributed by atoms with E-state index < -0.39 is 0 Å². The highest BCUT2D eigenvalue weighted by molar-refractivity contribution is 6.17. The number of rotatable bonds is 4. The molecule has 16 heavy (non-hydrogen) atoms. The molecule has 1 fully saturated rings. The van der Waals surface area contributed by atoms with Crippen LogP contribution in [0, 0.1) is 0 Å². The molecule has 0 saturated carbocycles. The molecule has 0 unspecified atom stereocenters. The Balaban J connectivity index is 0.00000225. The molecule has 1 aliphatic rings. The molecule has 0 N–H and O–H groups in total. The highest BCUT2D eigenvalue weighted by atomic mass is 35.5. The quantitative estimate of drug-likeness (QED) is 0.731. The molecule has 1 rings (SSSR count). The minimum Gasteiger partial charge on any atom is -0.450 e. The molecule has 1 amide bonds. The summed E-state index contributed by atoms with van der Waals surface area (Å²) in [6.07, 6.45) is 0.829. The van der Waals surface area contributed by atoms with Crippen LogP contribution < -0.4 is 0 Å². The maximum Gasteiger partial charge on any atom is 0.409 e. The van der Waals surface area contributed by atoms with Crippen molar-refractivity contribution in [1.82, 2.24) is 9.80 Å². The number of carbonyl (C=O) groups is 1. The zero-order valence-electron chi connectivity index (χ0n) is 9.65. The van der Waals surface area contributed by atoms with Crippen molar-refractivity contribution in [2.75, 3.05) is 45.2 Å². The summed E-state index contributed by atoms with van der Waals surface area (Å²) in [5.74, 6) is 0.706. The Morgan fingerprint density at radius 2 is 1.94 bits per heavy atom. The molecule has 1 saturated heterocycles. The van der Waals surface area contributed by atoms with Crippen LogP contribution in [-0.2, 0) is 4.74 Å². The molecular formula is C10H20Cl2N2O2. The first kappa shape index (κ1) is 15.8. The first-order valence-electron chi connectivity index (χ1n) is 5.48. The van der Waals surface area contributed by atoms with Crippen molar-refractivity contribution in [1.29, 1.82) is 0 Å². The van der Waals surface area contributed by atoms with Gasteiger partial charge in [-0.3, -0.25) is 4.90 Å². The second kappa shape index (κ2) is 8.90. The van der Waals surface area contributed by atoms with Crippen molar-refractivity contribution in [3.05, 3.63) is 0 Å². The fraction of sp³-hybridized carbons (Fsp3) is 0.900. The maximum atomic E-state index is 11.4. The zero-order chi connectivity index (χ0) is 11.1. The van der Waals surface area contributed by atoms with Gasteiger partial charge < -0.3 is 9.64 Å². The van der Waals surface area contributed by atoms with Crippen molar-refractivity contribution in [3.63, 3.8) is 0 Å². The average molecular weight is 271 g/mol. The molecule has 4 nitrogen and oxygen atoms in total. The Hall–Kier alpha value is -0.190. The molecule has 0 aliphatic carbocycles. The fourth-order valence-corrected chi connectivity index (χ4v) is 1.77. The van der Waals surface area contributed by atoms with Gasteiger partial charge in [-0.15, -0.1) is 24.0 Å². The SMILES string of the molecule is CCOC(=O)N1CCN(CCCCl)CC1.Cl. The van der Waals surface area contributed by atoms with Gasteiger partial charge in [0.05, 0.1) is 6.61 Å². The van der Waals surface area contributed by atoms with E-state index in [9.17, 15) is 4.79 Å². The first-order valence-corrected chi connectivity index (χ1v) is 6.01. The van der Waals surface area contributed by atoms with E-state index in [-0.39, 0.29) is 18.5 Å². The van der Waals surface area contributed by atoms with Gasteiger partial charge in [0.2, 0.25) is 0 Å². The second-order valence-electron chi connectivity index (χ2n) is 3.57. The minimum absolute atomic E-state index is 0. The van der Waals surface area contributed by atoms with Crippen LogP contribution >= 0.6 is 24.0 Å². The molecule has 96 valence electrons. The molecule has 0 bridgehead atoms. The van der Waals surface area contributed by atoms with E-state index in [1.165, 1.54) is 0 Å². The summed E-state index contributed by atoms with van der Waals surface area (Å²) in [4.78, 5) is 15.5. The van der Waals surface area contributed by atoms with E-state index in [0.717, 1.165) is 39.1 Å². The largest absolute Gasteiger partial charge is 0.450 e. The standard InChI is InChI=1S/C10H19ClN2O2.ClH/c1-2-15-10(14)13-8-6-12(7-9-13)5-3-4-11;/h2-9H2,1H3;1H. The Bertz CT molecular complexity index is 197. The van der Waals surface area contributed by atoms with Crippen LogP contribution in [0.4, 0.5) is 4.79 Å². The number of hydrogen-bond acceptors (Lipinski definition) is 3. The van der Waals surface area contributed by atoms with Gasteiger partial charge in [0, 0.05) is 32.1 Å². The van der Waals surface area contributed by atoms with Gasteiger partial charge >= 0.3 is 6.09 Å². The molecule has 0 atom stereocenters. The van der Waals surface area contributed by atoms with E-state index in [1.54, 1.807) is 4.90 Å². The van der Waals surface area contributed by atoms with Gasteiger partial charge in [-0.25, -0.2) is 4.79 Å². The summed E-state index contributed by atoms with van der Waals surface area (Å²) in [5.41, 5.74) is 0. The monoisotopic (exact) mass is 270 g/mol. The summed E-state index contributed by atoms with van der Waals surface area (Å²) in [7, 11) is 0. The third kappa shape index (κ3) is 5.23. The molecule has 0 spiro atoms. The van der Waals surface area contributed by atoms with Crippen molar-refractivity contribution < 1.29 is 9.53 Å². The van der Waals surface area contributed by atoms with Crippen LogP contribution in [-0.4, -0.2) is 61.1 Å². The van der Waals surface area contributed by atoms with Crippen LogP contribution in [0.2, 0.25) is 0 Å². The summed E-state index contributed by atoms with van der Waals surface area (Å²) in [6.45, 7) is 6.69. The van der Waals surface area contributed by atoms with Crippen LogP contribution in [0.3, 0.4) is 0 Å². The van der Waals surface area contributed by atoms with Gasteiger partial charge in [0.25, 0.3) is 0 Å². The lowest BCUT2D eigenvalue weighted by atomic mass is 10.3. The van der Waals surface area contributed by atoms with Crippen LogP contribution in [0.25, 0.3) is 0 Å². The summed E-state index contributed by atoms with van der Waals surface area (Å²) < 4.78 is 4.95. The molecule has 0 aromatic heterocycles. The second-order valence-corrected chi connectivity index (χ2v) is 3.95. The van der Waals surface area contributed by atoms with E-state index in [0.29, 0.717) is 12.5 Å². The van der Waals surface area contributed by atoms with Crippen LogP contribution in [0.5, 0.6) is 0 Å². The highest BCUT2D eigenvalue weighted by Crippen LogP contribution is 2.04. The molecule has 1 aliphatic heterocycles. The Kier molecular flexibility index (Phi) is 8.80. The van der Waals surface area contributed by atoms with Crippen molar-refractivity contribution >= 4 is 30.1 Å². The van der Waals surface area contributed by atoms with E-state index >= 15 is 0 Å². The first-order chi connectivity index (χ1) is 7.27. The normalized spacial score (nSPS) is 16.8. The Labute approximate surface area is 108 Å². The summed E-state index contributed by atoms with van der Waals surface area (Å²) in [6, 6.07) is 0. The molecular weight excluding hydrogens is 251 g/mol. The zero-order valence-corrected chi connectivity index (χ0v) is 11.2. The Morgan fingerprint density at radius 3 is 2.44 bits per heavy atom. The van der Waals surface area contributed by atoms with E-state index in [2.05, 4.69) is 4.90 Å². The number of ether oxygens (including phenoxy) is 1. The summed E-state index contributed by atoms with van der Waals surface area (Å²) in [5, 5.41) is 0. The number of amides is 1. The smallest absolute Gasteiger partial charge is 0.409 e. The van der Waals surface area contributed by atoms with E-state index in [4.69, 9.17) is 16.3 Å². The molecule has 0 radical (unpaired) electrons. The topological polar surface area (TPSA) is 32.8 Å². The predicted molar refractivity (Wildman–Crippen MR) is 67.6 cm³/mol. The lowest BCUT2D eigenvalue weighted by molar-refractivity contribution is 0.0798. The summed E-state index contributed by atoms with van der Waals surface area (Å²) >= 11 is 5.63. The van der Waals surface area contributed by atoms with Crippen LogP contribution in [0.15, 0.2) is 0 Å².